The van der Waals surface area contributed by atoms with E-state index in [2.05, 4.69) is 10.5 Å². The van der Waals surface area contributed by atoms with Crippen molar-refractivity contribution in [1.29, 1.82) is 0 Å². The molecular formula is C16H15F3N2O2. The van der Waals surface area contributed by atoms with Gasteiger partial charge in [0.2, 0.25) is 0 Å². The van der Waals surface area contributed by atoms with E-state index in [1.165, 1.54) is 18.2 Å². The third-order valence-corrected chi connectivity index (χ3v) is 3.02. The number of nitrogens with zero attached hydrogens (tertiary/aromatic N) is 1. The number of hydrazone groups is 1. The van der Waals surface area contributed by atoms with Crippen molar-refractivity contribution in [2.45, 2.75) is 20.0 Å². The molecule has 0 unspecified atom stereocenters. The van der Waals surface area contributed by atoms with Gasteiger partial charge in [-0.2, -0.15) is 18.3 Å². The van der Waals surface area contributed by atoms with Crippen LogP contribution in [0.3, 0.4) is 0 Å². The van der Waals surface area contributed by atoms with Gasteiger partial charge in [-0.1, -0.05) is 35.9 Å². The Balaban J connectivity index is 2.41. The Labute approximate surface area is 131 Å². The van der Waals surface area contributed by atoms with Crippen LogP contribution in [0.15, 0.2) is 41.0 Å². The van der Waals surface area contributed by atoms with E-state index in [-0.39, 0.29) is 23.4 Å². The molecule has 0 saturated carbocycles. The third-order valence-electron chi connectivity index (χ3n) is 3.02. The molecule has 0 aromatic heterocycles. The highest BCUT2D eigenvalue weighted by Crippen LogP contribution is 2.33. The van der Waals surface area contributed by atoms with Gasteiger partial charge in [-0.25, -0.2) is 10.2 Å². The number of rotatable bonds is 3. The molecule has 0 spiro atoms. The Bertz CT molecular complexity index is 700. The lowest BCUT2D eigenvalue weighted by atomic mass is 10.0. The zero-order chi connectivity index (χ0) is 17.0. The van der Waals surface area contributed by atoms with E-state index in [1.807, 2.05) is 13.8 Å². The van der Waals surface area contributed by atoms with E-state index >= 15 is 0 Å². The molecule has 1 heterocycles. The Morgan fingerprint density at radius 1 is 1.35 bits per heavy atom. The van der Waals surface area contributed by atoms with Crippen LogP contribution in [-0.2, 0) is 10.9 Å². The maximum atomic E-state index is 13.3. The molecule has 7 heteroatoms. The van der Waals surface area contributed by atoms with E-state index < -0.39 is 17.8 Å². The fourth-order valence-electron chi connectivity index (χ4n) is 1.93. The number of hydrogen-bond acceptors (Lipinski definition) is 3. The topological polar surface area (TPSA) is 50.7 Å². The second-order valence-corrected chi connectivity index (χ2v) is 5.15. The molecule has 23 heavy (non-hydrogen) atoms. The number of allylic oxidation sites excluding steroid dienone is 3. The highest BCUT2D eigenvalue weighted by Gasteiger charge is 2.33. The van der Waals surface area contributed by atoms with E-state index in [1.54, 1.807) is 12.2 Å². The van der Waals surface area contributed by atoms with Crippen molar-refractivity contribution in [2.24, 2.45) is 5.10 Å². The molecular weight excluding hydrogens is 309 g/mol. The Kier molecular flexibility index (Phi) is 4.88. The molecule has 0 bridgehead atoms. The smallest absolute Gasteiger partial charge is 0.428 e. The first kappa shape index (κ1) is 16.8. The quantitative estimate of drug-likeness (QED) is 0.850. The number of nitrogens with one attached hydrogen (secondary N) is 1. The standard InChI is InChI=1S/C16H15F3N2O2/c1-10(2)4-3-5-11-6-7-12(8-13(11)16(17,18)19)14-9-23-15(22)21-20-14/h3-8H,9H2,1-2H3,(H,21,22)/b5-3+. The van der Waals surface area contributed by atoms with Crippen molar-refractivity contribution >= 4 is 17.9 Å². The Morgan fingerprint density at radius 2 is 2.09 bits per heavy atom. The number of amides is 1. The summed E-state index contributed by atoms with van der Waals surface area (Å²) in [5.41, 5.74) is 2.82. The fourth-order valence-corrected chi connectivity index (χ4v) is 1.93. The van der Waals surface area contributed by atoms with E-state index in [0.717, 1.165) is 11.6 Å². The molecule has 1 aliphatic rings. The van der Waals surface area contributed by atoms with Gasteiger partial charge in [0, 0.05) is 5.56 Å². The van der Waals surface area contributed by atoms with Gasteiger partial charge in [0.1, 0.15) is 12.3 Å². The van der Waals surface area contributed by atoms with Crippen LogP contribution in [0, 0.1) is 0 Å². The van der Waals surface area contributed by atoms with Gasteiger partial charge in [-0.05, 0) is 25.5 Å². The monoisotopic (exact) mass is 324 g/mol. The number of alkyl halides is 3. The zero-order valence-electron chi connectivity index (χ0n) is 12.6. The number of ether oxygens (including phenoxy) is 1. The van der Waals surface area contributed by atoms with Gasteiger partial charge in [0.25, 0.3) is 0 Å². The van der Waals surface area contributed by atoms with Crippen LogP contribution in [0.1, 0.15) is 30.5 Å². The number of carbonyl (C=O) groups is 1. The molecule has 1 amide bonds. The molecule has 122 valence electrons. The molecule has 0 saturated heterocycles. The Morgan fingerprint density at radius 3 is 2.65 bits per heavy atom. The van der Waals surface area contributed by atoms with Gasteiger partial charge in [0.05, 0.1) is 5.56 Å². The first-order valence-electron chi connectivity index (χ1n) is 6.80. The van der Waals surface area contributed by atoms with Crippen molar-refractivity contribution in [3.8, 4) is 0 Å². The minimum Gasteiger partial charge on any atom is -0.442 e. The van der Waals surface area contributed by atoms with Crippen molar-refractivity contribution in [3.05, 3.63) is 52.6 Å². The lowest BCUT2D eigenvalue weighted by molar-refractivity contribution is -0.137. The van der Waals surface area contributed by atoms with Crippen LogP contribution in [0.25, 0.3) is 6.08 Å². The van der Waals surface area contributed by atoms with Gasteiger partial charge < -0.3 is 4.74 Å². The van der Waals surface area contributed by atoms with Crippen molar-refractivity contribution < 1.29 is 22.7 Å². The summed E-state index contributed by atoms with van der Waals surface area (Å²) < 4.78 is 44.5. The van der Waals surface area contributed by atoms with Crippen LogP contribution >= 0.6 is 0 Å². The lowest BCUT2D eigenvalue weighted by Crippen LogP contribution is -2.30. The summed E-state index contributed by atoms with van der Waals surface area (Å²) in [7, 11) is 0. The summed E-state index contributed by atoms with van der Waals surface area (Å²) in [5.74, 6) is 0. The van der Waals surface area contributed by atoms with Gasteiger partial charge >= 0.3 is 12.3 Å². The van der Waals surface area contributed by atoms with Crippen LogP contribution in [-0.4, -0.2) is 18.4 Å². The predicted octanol–water partition coefficient (Wildman–Crippen LogP) is 4.13. The van der Waals surface area contributed by atoms with Gasteiger partial charge in [-0.15, -0.1) is 0 Å². The largest absolute Gasteiger partial charge is 0.442 e. The fraction of sp³-hybridized carbons (Fsp3) is 0.250. The SMILES string of the molecule is CC(C)=C/C=C/c1ccc(C2=NNC(=O)OC2)cc1C(F)(F)F. The van der Waals surface area contributed by atoms with Crippen molar-refractivity contribution in [1.82, 2.24) is 5.43 Å². The average molecular weight is 324 g/mol. The zero-order valence-corrected chi connectivity index (χ0v) is 12.6. The summed E-state index contributed by atoms with van der Waals surface area (Å²) >= 11 is 0. The summed E-state index contributed by atoms with van der Waals surface area (Å²) in [6.45, 7) is 3.54. The molecule has 0 radical (unpaired) electrons. The number of carbonyl (C=O) groups excluding carboxylic acids is 1. The average Bonchev–Trinajstić information content (AvgIpc) is 2.47. The molecule has 4 nitrogen and oxygen atoms in total. The normalized spacial score (nSPS) is 15.0. The minimum absolute atomic E-state index is 0.0557. The first-order chi connectivity index (χ1) is 10.8. The van der Waals surface area contributed by atoms with Crippen molar-refractivity contribution in [3.63, 3.8) is 0 Å². The molecule has 1 aromatic carbocycles. The molecule has 1 aliphatic heterocycles. The van der Waals surface area contributed by atoms with Crippen molar-refractivity contribution in [2.75, 3.05) is 6.61 Å². The summed E-state index contributed by atoms with van der Waals surface area (Å²) in [6, 6.07) is 3.88. The second-order valence-electron chi connectivity index (χ2n) is 5.15. The first-order valence-corrected chi connectivity index (χ1v) is 6.80. The minimum atomic E-state index is -4.50. The predicted molar refractivity (Wildman–Crippen MR) is 80.9 cm³/mol. The molecule has 1 N–H and O–H groups in total. The number of cyclic esters (lactones) is 1. The van der Waals surface area contributed by atoms with E-state index in [0.29, 0.717) is 0 Å². The van der Waals surface area contributed by atoms with Gasteiger partial charge in [0.15, 0.2) is 0 Å². The van der Waals surface area contributed by atoms with E-state index in [4.69, 9.17) is 4.74 Å². The van der Waals surface area contributed by atoms with Crippen LogP contribution in [0.2, 0.25) is 0 Å². The number of halogens is 3. The summed E-state index contributed by atoms with van der Waals surface area (Å²) in [6.07, 6.45) is -0.532. The second kappa shape index (κ2) is 6.68. The summed E-state index contributed by atoms with van der Waals surface area (Å²) in [5, 5.41) is 3.72. The highest BCUT2D eigenvalue weighted by atomic mass is 19.4. The number of hydrogen-bond donors (Lipinski definition) is 1. The maximum Gasteiger partial charge on any atom is 0.428 e. The molecule has 0 fully saturated rings. The maximum absolute atomic E-state index is 13.3. The van der Waals surface area contributed by atoms with Gasteiger partial charge in [-0.3, -0.25) is 0 Å². The summed E-state index contributed by atoms with van der Waals surface area (Å²) in [4.78, 5) is 10.9. The molecule has 1 aromatic rings. The number of benzene rings is 1. The van der Waals surface area contributed by atoms with Crippen LogP contribution < -0.4 is 5.43 Å². The molecule has 0 atom stereocenters. The van der Waals surface area contributed by atoms with Crippen LogP contribution in [0.4, 0.5) is 18.0 Å². The lowest BCUT2D eigenvalue weighted by Gasteiger charge is -2.16. The Hall–Kier alpha value is -2.57. The van der Waals surface area contributed by atoms with Crippen LogP contribution in [0.5, 0.6) is 0 Å². The molecule has 2 rings (SSSR count). The molecule has 0 aliphatic carbocycles. The highest BCUT2D eigenvalue weighted by molar-refractivity contribution is 6.04. The van der Waals surface area contributed by atoms with E-state index in [9.17, 15) is 18.0 Å². The third kappa shape index (κ3) is 4.45.